The standard InChI is InChI=1S/C10H15N3/c1-7-4-5-9-10(12-7)13(3)8(2)6-11-9/h4-5,8,11H,6H2,1-3H3. The maximum Gasteiger partial charge on any atom is 0.152 e. The highest BCUT2D eigenvalue weighted by atomic mass is 15.2. The molecule has 0 spiro atoms. The van der Waals surface area contributed by atoms with E-state index in [1.807, 2.05) is 13.0 Å². The number of likely N-dealkylation sites (N-methyl/N-ethyl adjacent to an activating group) is 1. The van der Waals surface area contributed by atoms with Crippen molar-refractivity contribution in [3.63, 3.8) is 0 Å². The lowest BCUT2D eigenvalue weighted by Gasteiger charge is -2.33. The van der Waals surface area contributed by atoms with Gasteiger partial charge in [-0.15, -0.1) is 0 Å². The van der Waals surface area contributed by atoms with E-state index in [4.69, 9.17) is 0 Å². The number of pyridine rings is 1. The van der Waals surface area contributed by atoms with Crippen LogP contribution in [0.5, 0.6) is 0 Å². The summed E-state index contributed by atoms with van der Waals surface area (Å²) in [5.74, 6) is 1.07. The smallest absolute Gasteiger partial charge is 0.152 e. The van der Waals surface area contributed by atoms with E-state index in [-0.39, 0.29) is 0 Å². The molecule has 0 aliphatic carbocycles. The summed E-state index contributed by atoms with van der Waals surface area (Å²) in [6.07, 6.45) is 0. The summed E-state index contributed by atoms with van der Waals surface area (Å²) < 4.78 is 0. The molecule has 0 fully saturated rings. The number of hydrogen-bond acceptors (Lipinski definition) is 3. The molecule has 70 valence electrons. The molecule has 2 heterocycles. The van der Waals surface area contributed by atoms with E-state index in [2.05, 4.69) is 35.2 Å². The summed E-state index contributed by atoms with van der Waals surface area (Å²) in [4.78, 5) is 6.73. The topological polar surface area (TPSA) is 28.2 Å². The van der Waals surface area contributed by atoms with Crippen LogP contribution in [-0.2, 0) is 0 Å². The summed E-state index contributed by atoms with van der Waals surface area (Å²) in [6.45, 7) is 5.21. The fraction of sp³-hybridized carbons (Fsp3) is 0.500. The van der Waals surface area contributed by atoms with Gasteiger partial charge in [-0.25, -0.2) is 4.98 Å². The molecule has 3 heteroatoms. The molecule has 0 saturated heterocycles. The molecule has 2 rings (SSSR count). The average Bonchev–Trinajstić information content (AvgIpc) is 2.12. The van der Waals surface area contributed by atoms with Crippen LogP contribution in [-0.4, -0.2) is 24.6 Å². The van der Waals surface area contributed by atoms with Gasteiger partial charge in [0.15, 0.2) is 5.82 Å². The van der Waals surface area contributed by atoms with Crippen molar-refractivity contribution in [1.29, 1.82) is 0 Å². The molecule has 1 N–H and O–H groups in total. The second-order valence-corrected chi connectivity index (χ2v) is 3.66. The van der Waals surface area contributed by atoms with Gasteiger partial charge in [-0.05, 0) is 26.0 Å². The predicted octanol–water partition coefficient (Wildman–Crippen LogP) is 1.64. The van der Waals surface area contributed by atoms with Gasteiger partial charge in [-0.1, -0.05) is 0 Å². The first-order valence-electron chi connectivity index (χ1n) is 4.63. The number of aryl methyl sites for hydroxylation is 1. The number of anilines is 2. The van der Waals surface area contributed by atoms with E-state index in [0.29, 0.717) is 6.04 Å². The number of aromatic nitrogens is 1. The van der Waals surface area contributed by atoms with Gasteiger partial charge in [0.25, 0.3) is 0 Å². The largest absolute Gasteiger partial charge is 0.380 e. The molecule has 13 heavy (non-hydrogen) atoms. The number of hydrogen-bond donors (Lipinski definition) is 1. The molecule has 0 bridgehead atoms. The number of nitrogens with zero attached hydrogens (tertiary/aromatic N) is 2. The van der Waals surface area contributed by atoms with E-state index in [1.54, 1.807) is 0 Å². The van der Waals surface area contributed by atoms with E-state index >= 15 is 0 Å². The maximum absolute atomic E-state index is 4.51. The molecule has 3 nitrogen and oxygen atoms in total. The summed E-state index contributed by atoms with van der Waals surface area (Å²) in [5, 5.41) is 3.37. The van der Waals surface area contributed by atoms with Crippen molar-refractivity contribution in [2.24, 2.45) is 0 Å². The first-order chi connectivity index (χ1) is 6.18. The van der Waals surface area contributed by atoms with Crippen molar-refractivity contribution in [3.8, 4) is 0 Å². The molecule has 1 aromatic rings. The highest BCUT2D eigenvalue weighted by Gasteiger charge is 2.20. The average molecular weight is 177 g/mol. The molecule has 1 aliphatic heterocycles. The lowest BCUT2D eigenvalue weighted by atomic mass is 10.2. The van der Waals surface area contributed by atoms with Gasteiger partial charge in [0, 0.05) is 25.3 Å². The zero-order chi connectivity index (χ0) is 9.42. The van der Waals surface area contributed by atoms with Crippen LogP contribution in [0.25, 0.3) is 0 Å². The zero-order valence-electron chi connectivity index (χ0n) is 8.33. The van der Waals surface area contributed by atoms with Crippen LogP contribution in [0.15, 0.2) is 12.1 Å². The minimum atomic E-state index is 0.516. The third kappa shape index (κ3) is 1.34. The second kappa shape index (κ2) is 2.91. The summed E-state index contributed by atoms with van der Waals surface area (Å²) in [6, 6.07) is 4.65. The first kappa shape index (κ1) is 8.35. The Bertz CT molecular complexity index is 322. The highest BCUT2D eigenvalue weighted by Crippen LogP contribution is 2.27. The maximum atomic E-state index is 4.51. The van der Waals surface area contributed by atoms with Gasteiger partial charge in [0.05, 0.1) is 5.69 Å². The van der Waals surface area contributed by atoms with E-state index < -0.39 is 0 Å². The van der Waals surface area contributed by atoms with Crippen LogP contribution in [0.1, 0.15) is 12.6 Å². The van der Waals surface area contributed by atoms with E-state index in [1.165, 1.54) is 0 Å². The Labute approximate surface area is 78.8 Å². The molecular weight excluding hydrogens is 162 g/mol. The fourth-order valence-electron chi connectivity index (χ4n) is 1.55. The Morgan fingerprint density at radius 3 is 3.08 bits per heavy atom. The minimum Gasteiger partial charge on any atom is -0.380 e. The number of rotatable bonds is 0. The number of nitrogens with one attached hydrogen (secondary N) is 1. The first-order valence-corrected chi connectivity index (χ1v) is 4.63. The van der Waals surface area contributed by atoms with Crippen LogP contribution in [0.3, 0.4) is 0 Å². The van der Waals surface area contributed by atoms with Gasteiger partial charge in [-0.2, -0.15) is 0 Å². The molecule has 1 unspecified atom stereocenters. The van der Waals surface area contributed by atoms with Crippen molar-refractivity contribution in [3.05, 3.63) is 17.8 Å². The predicted molar refractivity (Wildman–Crippen MR) is 55.3 cm³/mol. The Hall–Kier alpha value is -1.25. The lowest BCUT2D eigenvalue weighted by molar-refractivity contribution is 0.687. The van der Waals surface area contributed by atoms with Gasteiger partial charge in [-0.3, -0.25) is 0 Å². The SMILES string of the molecule is Cc1ccc2c(n1)N(C)C(C)CN2. The molecule has 1 aliphatic rings. The van der Waals surface area contributed by atoms with Gasteiger partial charge in [0.2, 0.25) is 0 Å². The molecule has 1 aromatic heterocycles. The van der Waals surface area contributed by atoms with Crippen molar-refractivity contribution in [1.82, 2.24) is 4.98 Å². The summed E-state index contributed by atoms with van der Waals surface area (Å²) in [7, 11) is 2.09. The van der Waals surface area contributed by atoms with E-state index in [0.717, 1.165) is 23.7 Å². The van der Waals surface area contributed by atoms with Crippen molar-refractivity contribution in [2.45, 2.75) is 19.9 Å². The zero-order valence-corrected chi connectivity index (χ0v) is 8.33. The quantitative estimate of drug-likeness (QED) is 0.653. The summed E-state index contributed by atoms with van der Waals surface area (Å²) >= 11 is 0. The lowest BCUT2D eigenvalue weighted by Crippen LogP contribution is -2.39. The third-order valence-electron chi connectivity index (χ3n) is 2.60. The third-order valence-corrected chi connectivity index (χ3v) is 2.60. The Kier molecular flexibility index (Phi) is 1.87. The molecule has 0 aromatic carbocycles. The van der Waals surface area contributed by atoms with Crippen LogP contribution in [0.2, 0.25) is 0 Å². The Morgan fingerprint density at radius 2 is 2.31 bits per heavy atom. The molecule has 1 atom stereocenters. The van der Waals surface area contributed by atoms with Crippen LogP contribution in [0.4, 0.5) is 11.5 Å². The second-order valence-electron chi connectivity index (χ2n) is 3.66. The minimum absolute atomic E-state index is 0.516. The van der Waals surface area contributed by atoms with Crippen LogP contribution in [0, 0.1) is 6.92 Å². The van der Waals surface area contributed by atoms with Crippen LogP contribution >= 0.6 is 0 Å². The van der Waals surface area contributed by atoms with Crippen molar-refractivity contribution < 1.29 is 0 Å². The molecular formula is C10H15N3. The normalized spacial score (nSPS) is 20.8. The molecule has 0 saturated carbocycles. The van der Waals surface area contributed by atoms with Crippen LogP contribution < -0.4 is 10.2 Å². The van der Waals surface area contributed by atoms with Gasteiger partial charge >= 0.3 is 0 Å². The van der Waals surface area contributed by atoms with Crippen molar-refractivity contribution >= 4 is 11.5 Å². The highest BCUT2D eigenvalue weighted by molar-refractivity contribution is 5.68. The van der Waals surface area contributed by atoms with Gasteiger partial charge < -0.3 is 10.2 Å². The Balaban J connectivity index is 2.45. The van der Waals surface area contributed by atoms with E-state index in [9.17, 15) is 0 Å². The van der Waals surface area contributed by atoms with Crippen molar-refractivity contribution in [2.75, 3.05) is 23.8 Å². The fourth-order valence-corrected chi connectivity index (χ4v) is 1.55. The molecule has 0 radical (unpaired) electrons. The number of fused-ring (bicyclic) bond motifs is 1. The Morgan fingerprint density at radius 1 is 1.54 bits per heavy atom. The van der Waals surface area contributed by atoms with Gasteiger partial charge in [0.1, 0.15) is 0 Å². The molecule has 0 amide bonds. The summed E-state index contributed by atoms with van der Waals surface area (Å²) in [5.41, 5.74) is 2.22. The monoisotopic (exact) mass is 177 g/mol.